The molecular weight excluding hydrogens is 965 g/mol. The van der Waals surface area contributed by atoms with Crippen molar-refractivity contribution in [2.75, 3.05) is 26.4 Å². The van der Waals surface area contributed by atoms with Gasteiger partial charge in [-0.05, 0) is 92.1 Å². The van der Waals surface area contributed by atoms with Crippen LogP contribution in [0.2, 0.25) is 0 Å². The first-order valence-corrected chi connectivity index (χ1v) is 27.3. The highest BCUT2D eigenvalue weighted by atomic mass is 32.2. The molecule has 6 aromatic heterocycles. The summed E-state index contributed by atoms with van der Waals surface area (Å²) in [7, 11) is -7.62. The lowest BCUT2D eigenvalue weighted by molar-refractivity contribution is -0.178. The Balaban J connectivity index is 0.000000169. The predicted molar refractivity (Wildman–Crippen MR) is 275 cm³/mol. The van der Waals surface area contributed by atoms with E-state index in [1.54, 1.807) is 90.6 Å². The molecule has 70 heavy (non-hydrogen) atoms. The first-order chi connectivity index (χ1) is 32.9. The number of ether oxygens (including phenoxy) is 4. The van der Waals surface area contributed by atoms with E-state index in [-0.39, 0.29) is 24.6 Å². The Bertz CT molecular complexity index is 3410. The van der Waals surface area contributed by atoms with Gasteiger partial charge in [0.2, 0.25) is 0 Å². The average molecular weight is 1020 g/mol. The zero-order valence-corrected chi connectivity index (χ0v) is 40.7. The third kappa shape index (κ3) is 9.20. The van der Waals surface area contributed by atoms with Crippen LogP contribution in [0.15, 0.2) is 124 Å². The first-order valence-electron chi connectivity index (χ1n) is 22.6. The quantitative estimate of drug-likeness (QED) is 0.142. The topological polar surface area (TPSA) is 167 Å². The lowest BCUT2D eigenvalue weighted by Crippen LogP contribution is -2.34. The van der Waals surface area contributed by atoms with Crippen LogP contribution in [-0.4, -0.2) is 82.7 Å². The highest BCUT2D eigenvalue weighted by molar-refractivity contribution is 7.90. The molecule has 2 spiro atoms. The fourth-order valence-electron chi connectivity index (χ4n) is 9.74. The molecule has 8 aromatic rings. The molecule has 18 heteroatoms. The zero-order valence-electron chi connectivity index (χ0n) is 37.4. The number of thiazole rings is 2. The fourth-order valence-corrected chi connectivity index (χ4v) is 13.7. The minimum absolute atomic E-state index is 0. The number of nitrogens with zero attached hydrogens (tertiary/aromatic N) is 6. The summed E-state index contributed by atoms with van der Waals surface area (Å²) in [5, 5.41) is 7.33. The number of aromatic nitrogens is 6. The molecule has 8 heterocycles. The number of fused-ring (bicyclic) bond motifs is 2. The number of allylic oxidation sites excluding steroid dienone is 1. The highest BCUT2D eigenvalue weighted by Gasteiger charge is 2.41. The smallest absolute Gasteiger partial charge is 0.269 e. The molecule has 14 nitrogen and oxygen atoms in total. The maximum Gasteiger partial charge on any atom is 0.269 e. The predicted octanol–water partition coefficient (Wildman–Crippen LogP) is 11.4. The maximum absolute atomic E-state index is 13.5. The largest absolute Gasteiger partial charge is 0.348 e. The second-order valence-corrected chi connectivity index (χ2v) is 23.2. The Morgan fingerprint density at radius 1 is 0.629 bits per heavy atom. The van der Waals surface area contributed by atoms with Crippen LogP contribution in [0.3, 0.4) is 0 Å². The van der Waals surface area contributed by atoms with E-state index in [0.717, 1.165) is 98.5 Å². The van der Waals surface area contributed by atoms with Gasteiger partial charge in [-0.1, -0.05) is 57.3 Å². The lowest BCUT2D eigenvalue weighted by Gasteiger charge is -2.35. The highest BCUT2D eigenvalue weighted by Crippen LogP contribution is 2.44. The van der Waals surface area contributed by atoms with Gasteiger partial charge >= 0.3 is 0 Å². The number of hydrogen-bond donors (Lipinski definition) is 0. The number of aryl methyl sites for hydroxylation is 2. The Morgan fingerprint density at radius 3 is 1.59 bits per heavy atom. The minimum atomic E-state index is -3.82. The molecule has 12 rings (SSSR count). The SMILES string of the molecule is C.C.Cc1nc(-c2cn(S(=O)(=O)c3ccccc3)c3ncc(C4=CCC5(CC4)OCCO5)cc23)cs1.Cc1nc(-c2cn(S(=O)(=O)c3ccccc3)c3ncc(C4CCC5(CC4)OCCO5)cc23)cs1. The molecule has 1 saturated carbocycles. The molecule has 0 amide bonds. The van der Waals surface area contributed by atoms with E-state index in [4.69, 9.17) is 18.9 Å². The van der Waals surface area contributed by atoms with Crippen LogP contribution >= 0.6 is 22.7 Å². The molecule has 2 aliphatic heterocycles. The van der Waals surface area contributed by atoms with Crippen LogP contribution in [0.5, 0.6) is 0 Å². The number of hydrogen-bond acceptors (Lipinski definition) is 14. The summed E-state index contributed by atoms with van der Waals surface area (Å²) < 4.78 is 80.0. The summed E-state index contributed by atoms with van der Waals surface area (Å²) in [6, 6.07) is 21.0. The Morgan fingerprint density at radius 2 is 1.11 bits per heavy atom. The van der Waals surface area contributed by atoms with Crippen LogP contribution in [-0.2, 0) is 39.0 Å². The van der Waals surface area contributed by atoms with Gasteiger partial charge in [-0.3, -0.25) is 0 Å². The molecular formula is C52H56N6O8S4. The normalized spacial score (nSPS) is 17.8. The van der Waals surface area contributed by atoms with Gasteiger partial charge in [0.05, 0.1) is 57.6 Å². The van der Waals surface area contributed by atoms with E-state index in [2.05, 4.69) is 32.1 Å². The molecule has 2 aliphatic carbocycles. The van der Waals surface area contributed by atoms with Gasteiger partial charge in [-0.25, -0.2) is 44.7 Å². The van der Waals surface area contributed by atoms with E-state index in [0.29, 0.717) is 50.1 Å². The fraction of sp³-hybridized carbons (Fsp3) is 0.346. The summed E-state index contributed by atoms with van der Waals surface area (Å²) in [4.78, 5) is 19.0. The summed E-state index contributed by atoms with van der Waals surface area (Å²) in [6.07, 6.45) is 14.9. The van der Waals surface area contributed by atoms with Gasteiger partial charge in [0, 0.05) is 83.1 Å². The van der Waals surface area contributed by atoms with Crippen LogP contribution < -0.4 is 0 Å². The Labute approximate surface area is 417 Å². The van der Waals surface area contributed by atoms with E-state index < -0.39 is 31.6 Å². The monoisotopic (exact) mass is 1020 g/mol. The van der Waals surface area contributed by atoms with Gasteiger partial charge in [0.15, 0.2) is 22.9 Å². The molecule has 0 N–H and O–H groups in total. The van der Waals surface area contributed by atoms with Crippen molar-refractivity contribution in [3.63, 3.8) is 0 Å². The minimum Gasteiger partial charge on any atom is -0.348 e. The molecule has 0 unspecified atom stereocenters. The van der Waals surface area contributed by atoms with Crippen molar-refractivity contribution in [1.82, 2.24) is 27.9 Å². The molecule has 3 fully saturated rings. The first kappa shape index (κ1) is 49.5. The molecule has 2 aromatic carbocycles. The average Bonchev–Trinajstić information content (AvgIpc) is 4.25. The molecule has 2 saturated heterocycles. The summed E-state index contributed by atoms with van der Waals surface area (Å²) >= 11 is 3.08. The number of benzene rings is 2. The number of pyridine rings is 2. The molecule has 366 valence electrons. The van der Waals surface area contributed by atoms with Crippen LogP contribution in [0, 0.1) is 13.8 Å². The molecule has 0 bridgehead atoms. The summed E-state index contributed by atoms with van der Waals surface area (Å²) in [5.74, 6) is -0.573. The van der Waals surface area contributed by atoms with E-state index >= 15 is 0 Å². The van der Waals surface area contributed by atoms with E-state index in [1.807, 2.05) is 36.9 Å². The van der Waals surface area contributed by atoms with Crippen LogP contribution in [0.25, 0.3) is 50.2 Å². The van der Waals surface area contributed by atoms with Crippen LogP contribution in [0.1, 0.15) is 86.9 Å². The number of rotatable bonds is 8. The summed E-state index contributed by atoms with van der Waals surface area (Å²) in [6.45, 7) is 6.49. The van der Waals surface area contributed by atoms with Gasteiger partial charge in [-0.15, -0.1) is 22.7 Å². The van der Waals surface area contributed by atoms with Crippen molar-refractivity contribution >= 4 is 70.4 Å². The lowest BCUT2D eigenvalue weighted by atomic mass is 9.81. The van der Waals surface area contributed by atoms with Gasteiger partial charge in [0.1, 0.15) is 0 Å². The van der Waals surface area contributed by atoms with E-state index in [1.165, 1.54) is 19.3 Å². The van der Waals surface area contributed by atoms with E-state index in [9.17, 15) is 16.8 Å². The van der Waals surface area contributed by atoms with Crippen LogP contribution in [0.4, 0.5) is 0 Å². The Kier molecular flexibility index (Phi) is 13.9. The van der Waals surface area contributed by atoms with Crippen molar-refractivity contribution in [1.29, 1.82) is 0 Å². The van der Waals surface area contributed by atoms with Crippen molar-refractivity contribution in [2.45, 2.75) is 101 Å². The second-order valence-electron chi connectivity index (χ2n) is 17.5. The van der Waals surface area contributed by atoms with Gasteiger partial charge in [0.25, 0.3) is 20.0 Å². The van der Waals surface area contributed by atoms with Crippen molar-refractivity contribution in [3.05, 3.63) is 136 Å². The molecule has 0 radical (unpaired) electrons. The Hall–Kier alpha value is -5.44. The standard InChI is InChI=1S/C25H25N3O4S2.C25H23N3O4S2.2CH4/c2*1-17-27-23(16-33-17)22-15-28(34(29,30)20-5-3-2-4-6-20)24-21(22)13-19(14-26-24)18-7-9-25(10-8-18)31-11-12-32-25;;/h2-6,13-16,18H,7-12H2,1H3;2-7,13-16H,8-12H2,1H3;2*1H4. The maximum atomic E-state index is 13.5. The molecule has 4 aliphatic rings. The van der Waals surface area contributed by atoms with Crippen molar-refractivity contribution < 1.29 is 35.8 Å². The molecule has 0 atom stereocenters. The third-order valence-corrected chi connectivity index (χ3v) is 18.2. The van der Waals surface area contributed by atoms with Gasteiger partial charge in [-0.2, -0.15) is 0 Å². The summed E-state index contributed by atoms with van der Waals surface area (Å²) in [5.41, 5.74) is 7.12. The third-order valence-electron chi connectivity index (χ3n) is 13.3. The van der Waals surface area contributed by atoms with Gasteiger partial charge < -0.3 is 18.9 Å². The van der Waals surface area contributed by atoms with Crippen molar-refractivity contribution in [3.8, 4) is 22.5 Å². The zero-order chi connectivity index (χ0) is 46.7. The van der Waals surface area contributed by atoms with Crippen molar-refractivity contribution in [2.24, 2.45) is 0 Å². The second kappa shape index (κ2) is 19.6.